The lowest BCUT2D eigenvalue weighted by molar-refractivity contribution is 0.0582. The number of rotatable bonds is 7. The quantitative estimate of drug-likeness (QED) is 0.419. The summed E-state index contributed by atoms with van der Waals surface area (Å²) in [6.45, 7) is 6.56. The highest BCUT2D eigenvalue weighted by molar-refractivity contribution is 6.07. The Morgan fingerprint density at radius 1 is 1.13 bits per heavy atom. The number of aromatic nitrogens is 4. The molecule has 0 fully saturated rings. The van der Waals surface area contributed by atoms with E-state index in [4.69, 9.17) is 15.5 Å². The van der Waals surface area contributed by atoms with Gasteiger partial charge in [-0.2, -0.15) is 0 Å². The number of imidazole rings is 1. The molecule has 4 aromatic rings. The summed E-state index contributed by atoms with van der Waals surface area (Å²) in [5, 5.41) is 20.9. The predicted molar refractivity (Wildman–Crippen MR) is 120 cm³/mol. The van der Waals surface area contributed by atoms with E-state index in [0.29, 0.717) is 36.9 Å². The molecule has 0 atom stereocenters. The molecule has 8 nitrogen and oxygen atoms in total. The monoisotopic (exact) mass is 421 g/mol. The molecule has 3 aromatic heterocycles. The molecular formula is C23H27N5O3. The number of pyridine rings is 2. The van der Waals surface area contributed by atoms with Crippen LogP contribution in [0.25, 0.3) is 33.1 Å². The summed E-state index contributed by atoms with van der Waals surface area (Å²) in [4.78, 5) is 13.5. The Hall–Kier alpha value is -3.07. The number of aliphatic hydroxyl groups excluding tert-OH is 1. The molecule has 0 amide bonds. The first-order valence-electron chi connectivity index (χ1n) is 10.2. The average molecular weight is 422 g/mol. The standard InChI is InChI=1S/C23H27N5O3/c1-4-31-12-19-27-20-21(28(19)13-23(2,3)30)17-8-15(5-6-18(17)26-22(20)24)16-7-14(11-29)9-25-10-16/h5-10,29-30H,4,11-13H2,1-3H3,(H2,24,26). The third-order valence-electron chi connectivity index (χ3n) is 5.07. The Morgan fingerprint density at radius 3 is 2.65 bits per heavy atom. The molecule has 0 saturated carbocycles. The summed E-state index contributed by atoms with van der Waals surface area (Å²) in [5.74, 6) is 1.03. The first-order chi connectivity index (χ1) is 14.8. The minimum absolute atomic E-state index is 0.0735. The molecule has 4 rings (SSSR count). The van der Waals surface area contributed by atoms with Crippen molar-refractivity contribution < 1.29 is 14.9 Å². The van der Waals surface area contributed by atoms with Gasteiger partial charge in [0.1, 0.15) is 17.9 Å². The average Bonchev–Trinajstić information content (AvgIpc) is 3.09. The van der Waals surface area contributed by atoms with Crippen LogP contribution in [0.1, 0.15) is 32.2 Å². The minimum Gasteiger partial charge on any atom is -0.392 e. The van der Waals surface area contributed by atoms with E-state index in [-0.39, 0.29) is 6.61 Å². The van der Waals surface area contributed by atoms with E-state index >= 15 is 0 Å². The van der Waals surface area contributed by atoms with E-state index in [1.165, 1.54) is 0 Å². The summed E-state index contributed by atoms with van der Waals surface area (Å²) in [5.41, 5.74) is 10.00. The number of hydrogen-bond donors (Lipinski definition) is 3. The van der Waals surface area contributed by atoms with Gasteiger partial charge in [-0.15, -0.1) is 0 Å². The number of anilines is 1. The molecule has 0 aliphatic carbocycles. The van der Waals surface area contributed by atoms with Gasteiger partial charge >= 0.3 is 0 Å². The van der Waals surface area contributed by atoms with Crippen molar-refractivity contribution in [3.63, 3.8) is 0 Å². The van der Waals surface area contributed by atoms with E-state index < -0.39 is 5.60 Å². The molecule has 0 aliphatic rings. The van der Waals surface area contributed by atoms with Crippen LogP contribution in [-0.4, -0.2) is 41.9 Å². The second-order valence-electron chi connectivity index (χ2n) is 8.23. The van der Waals surface area contributed by atoms with Crippen molar-refractivity contribution in [1.82, 2.24) is 19.5 Å². The lowest BCUT2D eigenvalue weighted by Crippen LogP contribution is -2.27. The highest BCUT2D eigenvalue weighted by Gasteiger charge is 2.22. The van der Waals surface area contributed by atoms with Gasteiger partial charge in [0.05, 0.1) is 29.8 Å². The molecule has 0 radical (unpaired) electrons. The van der Waals surface area contributed by atoms with Gasteiger partial charge < -0.3 is 25.3 Å². The number of nitrogens with two attached hydrogens (primary N) is 1. The first kappa shape index (κ1) is 21.2. The van der Waals surface area contributed by atoms with Crippen molar-refractivity contribution in [2.45, 2.75) is 46.1 Å². The van der Waals surface area contributed by atoms with Crippen LogP contribution in [0.15, 0.2) is 36.7 Å². The Labute approximate surface area is 180 Å². The Bertz CT molecular complexity index is 1240. The van der Waals surface area contributed by atoms with E-state index in [9.17, 15) is 10.2 Å². The van der Waals surface area contributed by atoms with Crippen LogP contribution in [-0.2, 0) is 24.5 Å². The van der Waals surface area contributed by atoms with Crippen LogP contribution in [0.5, 0.6) is 0 Å². The highest BCUT2D eigenvalue weighted by Crippen LogP contribution is 2.33. The van der Waals surface area contributed by atoms with Gasteiger partial charge in [0, 0.05) is 30.0 Å². The largest absolute Gasteiger partial charge is 0.392 e. The molecule has 8 heteroatoms. The first-order valence-corrected chi connectivity index (χ1v) is 10.2. The molecular weight excluding hydrogens is 394 g/mol. The van der Waals surface area contributed by atoms with Gasteiger partial charge in [0.2, 0.25) is 0 Å². The molecule has 1 aromatic carbocycles. The Balaban J connectivity index is 1.99. The second kappa shape index (κ2) is 8.22. The Kier molecular flexibility index (Phi) is 5.62. The summed E-state index contributed by atoms with van der Waals surface area (Å²) in [6, 6.07) is 7.80. The fourth-order valence-corrected chi connectivity index (χ4v) is 3.73. The van der Waals surface area contributed by atoms with Gasteiger partial charge in [-0.1, -0.05) is 6.07 Å². The van der Waals surface area contributed by atoms with Gasteiger partial charge in [-0.05, 0) is 50.1 Å². The number of fused-ring (bicyclic) bond motifs is 3. The maximum absolute atomic E-state index is 10.6. The molecule has 3 heterocycles. The third kappa shape index (κ3) is 4.23. The summed E-state index contributed by atoms with van der Waals surface area (Å²) in [6.07, 6.45) is 3.40. The molecule has 31 heavy (non-hydrogen) atoms. The maximum atomic E-state index is 10.6. The van der Waals surface area contributed by atoms with Crippen molar-refractivity contribution in [3.8, 4) is 11.1 Å². The van der Waals surface area contributed by atoms with Crippen LogP contribution in [0, 0.1) is 0 Å². The number of nitrogen functional groups attached to an aromatic ring is 1. The predicted octanol–water partition coefficient (Wildman–Crippen LogP) is 3.03. The molecule has 0 bridgehead atoms. The molecule has 4 N–H and O–H groups in total. The zero-order chi connectivity index (χ0) is 22.2. The SMILES string of the molecule is CCOCc1nc2c(N)nc3ccc(-c4cncc(CO)c4)cc3c2n1CC(C)(C)O. The van der Waals surface area contributed by atoms with Gasteiger partial charge in [-0.25, -0.2) is 9.97 Å². The highest BCUT2D eigenvalue weighted by atomic mass is 16.5. The number of nitrogens with zero attached hydrogens (tertiary/aromatic N) is 4. The van der Waals surface area contributed by atoms with Crippen molar-refractivity contribution in [3.05, 3.63) is 48.0 Å². The van der Waals surface area contributed by atoms with Crippen LogP contribution >= 0.6 is 0 Å². The second-order valence-corrected chi connectivity index (χ2v) is 8.23. The van der Waals surface area contributed by atoms with Crippen molar-refractivity contribution in [2.75, 3.05) is 12.3 Å². The number of aliphatic hydroxyl groups is 2. The summed E-state index contributed by atoms with van der Waals surface area (Å²) < 4.78 is 7.59. The fraction of sp³-hybridized carbons (Fsp3) is 0.348. The molecule has 0 spiro atoms. The normalized spacial score (nSPS) is 12.2. The van der Waals surface area contributed by atoms with Crippen molar-refractivity contribution in [2.24, 2.45) is 0 Å². The summed E-state index contributed by atoms with van der Waals surface area (Å²) >= 11 is 0. The number of ether oxygens (including phenoxy) is 1. The van der Waals surface area contributed by atoms with Crippen molar-refractivity contribution in [1.29, 1.82) is 0 Å². The molecule has 0 saturated heterocycles. The van der Waals surface area contributed by atoms with E-state index in [0.717, 1.165) is 33.1 Å². The van der Waals surface area contributed by atoms with Crippen LogP contribution in [0.3, 0.4) is 0 Å². The lowest BCUT2D eigenvalue weighted by atomic mass is 10.0. The van der Waals surface area contributed by atoms with Crippen LogP contribution in [0.2, 0.25) is 0 Å². The maximum Gasteiger partial charge on any atom is 0.152 e. The minimum atomic E-state index is -0.962. The van der Waals surface area contributed by atoms with E-state index in [1.54, 1.807) is 26.2 Å². The number of benzene rings is 1. The third-order valence-corrected chi connectivity index (χ3v) is 5.07. The topological polar surface area (TPSA) is 119 Å². The smallest absolute Gasteiger partial charge is 0.152 e. The fourth-order valence-electron chi connectivity index (χ4n) is 3.73. The molecule has 0 aliphatic heterocycles. The number of hydrogen-bond acceptors (Lipinski definition) is 7. The summed E-state index contributed by atoms with van der Waals surface area (Å²) in [7, 11) is 0. The van der Waals surface area contributed by atoms with Crippen LogP contribution in [0.4, 0.5) is 5.82 Å². The molecule has 0 unspecified atom stereocenters. The van der Waals surface area contributed by atoms with Gasteiger partial charge in [-0.3, -0.25) is 4.98 Å². The lowest BCUT2D eigenvalue weighted by Gasteiger charge is -2.20. The van der Waals surface area contributed by atoms with Gasteiger partial charge in [0.15, 0.2) is 5.82 Å². The zero-order valence-corrected chi connectivity index (χ0v) is 18.0. The van der Waals surface area contributed by atoms with Gasteiger partial charge in [0.25, 0.3) is 0 Å². The van der Waals surface area contributed by atoms with Crippen molar-refractivity contribution >= 4 is 27.8 Å². The van der Waals surface area contributed by atoms with Crippen LogP contribution < -0.4 is 5.73 Å². The van der Waals surface area contributed by atoms with E-state index in [2.05, 4.69) is 9.97 Å². The van der Waals surface area contributed by atoms with E-state index in [1.807, 2.05) is 35.8 Å². The Morgan fingerprint density at radius 2 is 1.94 bits per heavy atom. The zero-order valence-electron chi connectivity index (χ0n) is 18.0. The molecule has 162 valence electrons.